The summed E-state index contributed by atoms with van der Waals surface area (Å²) >= 11 is 0. The fourth-order valence-electron chi connectivity index (χ4n) is 1.50. The van der Waals surface area contributed by atoms with E-state index in [0.29, 0.717) is 5.75 Å². The Labute approximate surface area is 103 Å². The average Bonchev–Trinajstić information content (AvgIpc) is 2.39. The molecule has 7 nitrogen and oxygen atoms in total. The lowest BCUT2D eigenvalue weighted by atomic mass is 10.1. The Hall–Kier alpha value is -2.15. The van der Waals surface area contributed by atoms with Gasteiger partial charge in [-0.15, -0.1) is 0 Å². The maximum atomic E-state index is 11.5. The Kier molecular flexibility index (Phi) is 4.61. The number of benzene rings is 1. The molecule has 1 rings (SSSR count). The van der Waals surface area contributed by atoms with E-state index in [9.17, 15) is 14.9 Å². The van der Waals surface area contributed by atoms with E-state index in [2.05, 4.69) is 4.74 Å². The van der Waals surface area contributed by atoms with Gasteiger partial charge in [0, 0.05) is 24.8 Å². The molecule has 1 aromatic rings. The van der Waals surface area contributed by atoms with Crippen LogP contribution in [0.2, 0.25) is 0 Å². The number of rotatable bonds is 5. The molecule has 0 bridgehead atoms. The summed E-state index contributed by atoms with van der Waals surface area (Å²) in [5.41, 5.74) is 0.0952. The highest BCUT2D eigenvalue weighted by molar-refractivity contribution is 5.78. The number of carbonyl (C=O) groups excluding carboxylic acids is 1. The van der Waals surface area contributed by atoms with Crippen LogP contribution in [0.4, 0.5) is 5.69 Å². The number of esters is 1. The van der Waals surface area contributed by atoms with Crippen molar-refractivity contribution in [2.75, 3.05) is 21.3 Å². The molecular formula is C11H13NO6. The van der Waals surface area contributed by atoms with Crippen LogP contribution in [0.25, 0.3) is 0 Å². The first-order chi connectivity index (χ1) is 8.54. The van der Waals surface area contributed by atoms with Crippen LogP contribution in [0.15, 0.2) is 18.2 Å². The highest BCUT2D eigenvalue weighted by Gasteiger charge is 2.26. The summed E-state index contributed by atoms with van der Waals surface area (Å²) in [6.45, 7) is 0. The monoisotopic (exact) mass is 255 g/mol. The van der Waals surface area contributed by atoms with E-state index < -0.39 is 17.0 Å². The zero-order valence-electron chi connectivity index (χ0n) is 10.2. The quantitative estimate of drug-likeness (QED) is 0.449. The summed E-state index contributed by atoms with van der Waals surface area (Å²) < 4.78 is 14.6. The molecule has 0 amide bonds. The summed E-state index contributed by atoms with van der Waals surface area (Å²) in [5.74, 6) is -0.339. The van der Waals surface area contributed by atoms with Gasteiger partial charge in [0.1, 0.15) is 5.75 Å². The minimum absolute atomic E-state index is 0.156. The van der Waals surface area contributed by atoms with E-state index in [4.69, 9.17) is 9.47 Å². The van der Waals surface area contributed by atoms with Crippen molar-refractivity contribution in [2.24, 2.45) is 0 Å². The van der Waals surface area contributed by atoms with E-state index in [1.54, 1.807) is 0 Å². The third-order valence-electron chi connectivity index (χ3n) is 2.36. The molecule has 0 spiro atoms. The topological polar surface area (TPSA) is 87.9 Å². The Morgan fingerprint density at radius 2 is 2.00 bits per heavy atom. The van der Waals surface area contributed by atoms with Crippen molar-refractivity contribution in [2.45, 2.75) is 6.10 Å². The van der Waals surface area contributed by atoms with Gasteiger partial charge in [-0.2, -0.15) is 0 Å². The van der Waals surface area contributed by atoms with E-state index in [1.807, 2.05) is 0 Å². The van der Waals surface area contributed by atoms with Crippen molar-refractivity contribution in [1.82, 2.24) is 0 Å². The molecule has 18 heavy (non-hydrogen) atoms. The maximum absolute atomic E-state index is 11.5. The molecule has 98 valence electrons. The third-order valence-corrected chi connectivity index (χ3v) is 2.36. The predicted octanol–water partition coefficient (Wildman–Crippen LogP) is 1.46. The van der Waals surface area contributed by atoms with Gasteiger partial charge < -0.3 is 14.2 Å². The second-order valence-corrected chi connectivity index (χ2v) is 3.32. The second kappa shape index (κ2) is 5.97. The standard InChI is InChI=1S/C11H13NO6/c1-16-9-5-4-7(12(14)15)6-8(9)10(17-2)11(13)18-3/h4-6,10H,1-3H3. The van der Waals surface area contributed by atoms with Gasteiger partial charge in [0.05, 0.1) is 19.1 Å². The zero-order valence-corrected chi connectivity index (χ0v) is 10.2. The Bertz CT molecular complexity index is 459. The molecule has 1 aromatic carbocycles. The first-order valence-corrected chi connectivity index (χ1v) is 4.98. The molecule has 0 aliphatic rings. The molecule has 0 saturated heterocycles. The number of carbonyl (C=O) groups is 1. The van der Waals surface area contributed by atoms with Gasteiger partial charge in [0.15, 0.2) is 6.10 Å². The van der Waals surface area contributed by atoms with Gasteiger partial charge in [-0.25, -0.2) is 4.79 Å². The predicted molar refractivity (Wildman–Crippen MR) is 61.4 cm³/mol. The second-order valence-electron chi connectivity index (χ2n) is 3.32. The Morgan fingerprint density at radius 3 is 2.44 bits per heavy atom. The molecule has 1 atom stereocenters. The van der Waals surface area contributed by atoms with Crippen LogP contribution in [0.1, 0.15) is 11.7 Å². The number of non-ortho nitro benzene ring substituents is 1. The van der Waals surface area contributed by atoms with Crippen LogP contribution < -0.4 is 4.74 Å². The number of nitro groups is 1. The molecule has 0 heterocycles. The van der Waals surface area contributed by atoms with Gasteiger partial charge >= 0.3 is 5.97 Å². The summed E-state index contributed by atoms with van der Waals surface area (Å²) in [6.07, 6.45) is -1.06. The first kappa shape index (κ1) is 13.9. The highest BCUT2D eigenvalue weighted by Crippen LogP contribution is 2.31. The van der Waals surface area contributed by atoms with Crippen molar-refractivity contribution in [3.8, 4) is 5.75 Å². The van der Waals surface area contributed by atoms with Crippen LogP contribution >= 0.6 is 0 Å². The van der Waals surface area contributed by atoms with E-state index in [0.717, 1.165) is 0 Å². The maximum Gasteiger partial charge on any atom is 0.339 e. The third kappa shape index (κ3) is 2.75. The summed E-state index contributed by atoms with van der Waals surface area (Å²) in [4.78, 5) is 21.7. The number of nitro benzene ring substituents is 1. The van der Waals surface area contributed by atoms with Crippen LogP contribution in [-0.4, -0.2) is 32.2 Å². The largest absolute Gasteiger partial charge is 0.496 e. The molecule has 0 saturated carbocycles. The smallest absolute Gasteiger partial charge is 0.339 e. The highest BCUT2D eigenvalue weighted by atomic mass is 16.6. The van der Waals surface area contributed by atoms with E-state index >= 15 is 0 Å². The van der Waals surface area contributed by atoms with Gasteiger partial charge in [-0.1, -0.05) is 0 Å². The van der Waals surface area contributed by atoms with Gasteiger partial charge in [-0.3, -0.25) is 10.1 Å². The molecule has 0 aromatic heterocycles. The summed E-state index contributed by atoms with van der Waals surface area (Å²) in [7, 11) is 3.91. The zero-order chi connectivity index (χ0) is 13.7. The molecular weight excluding hydrogens is 242 g/mol. The number of ether oxygens (including phenoxy) is 3. The normalized spacial score (nSPS) is 11.7. The van der Waals surface area contributed by atoms with Crippen LogP contribution in [-0.2, 0) is 14.3 Å². The van der Waals surface area contributed by atoms with E-state index in [-0.39, 0.29) is 11.3 Å². The fraction of sp³-hybridized carbons (Fsp3) is 0.364. The lowest BCUT2D eigenvalue weighted by Gasteiger charge is -2.15. The van der Waals surface area contributed by atoms with Crippen molar-refractivity contribution in [1.29, 1.82) is 0 Å². The molecule has 1 unspecified atom stereocenters. The summed E-state index contributed by atoms with van der Waals surface area (Å²) in [5, 5.41) is 10.7. The molecule has 7 heteroatoms. The molecule has 0 aliphatic heterocycles. The van der Waals surface area contributed by atoms with Crippen molar-refractivity contribution < 1.29 is 23.9 Å². The van der Waals surface area contributed by atoms with Crippen LogP contribution in [0.3, 0.4) is 0 Å². The first-order valence-electron chi connectivity index (χ1n) is 4.98. The van der Waals surface area contributed by atoms with E-state index in [1.165, 1.54) is 39.5 Å². The minimum atomic E-state index is -1.06. The van der Waals surface area contributed by atoms with Gasteiger partial charge in [-0.05, 0) is 6.07 Å². The number of hydrogen-bond donors (Lipinski definition) is 0. The fourth-order valence-corrected chi connectivity index (χ4v) is 1.50. The Morgan fingerprint density at radius 1 is 1.33 bits per heavy atom. The summed E-state index contributed by atoms with van der Waals surface area (Å²) in [6, 6.07) is 3.92. The van der Waals surface area contributed by atoms with Crippen LogP contribution in [0.5, 0.6) is 5.75 Å². The average molecular weight is 255 g/mol. The lowest BCUT2D eigenvalue weighted by molar-refractivity contribution is -0.385. The van der Waals surface area contributed by atoms with Gasteiger partial charge in [0.2, 0.25) is 0 Å². The number of methoxy groups -OCH3 is 3. The number of nitrogens with zero attached hydrogens (tertiary/aromatic N) is 1. The number of hydrogen-bond acceptors (Lipinski definition) is 6. The molecule has 0 aliphatic carbocycles. The molecule has 0 N–H and O–H groups in total. The molecule has 0 fully saturated rings. The van der Waals surface area contributed by atoms with Gasteiger partial charge in [0.25, 0.3) is 5.69 Å². The Balaban J connectivity index is 3.29. The minimum Gasteiger partial charge on any atom is -0.496 e. The SMILES string of the molecule is COC(=O)C(OC)c1cc([N+](=O)[O-])ccc1OC. The van der Waals surface area contributed by atoms with Crippen LogP contribution in [0, 0.1) is 10.1 Å². The van der Waals surface area contributed by atoms with Crippen molar-refractivity contribution >= 4 is 11.7 Å². The molecule has 0 radical (unpaired) electrons. The van der Waals surface area contributed by atoms with Crippen molar-refractivity contribution in [3.63, 3.8) is 0 Å². The lowest BCUT2D eigenvalue weighted by Crippen LogP contribution is -2.17. The van der Waals surface area contributed by atoms with Crippen molar-refractivity contribution in [3.05, 3.63) is 33.9 Å².